The fourth-order valence-corrected chi connectivity index (χ4v) is 2.38. The maximum Gasteiger partial charge on any atom is 0.502 e. The van der Waals surface area contributed by atoms with Crippen molar-refractivity contribution in [1.29, 1.82) is 0 Å². The lowest BCUT2D eigenvalue weighted by molar-refractivity contribution is -0.217. The molecule has 0 saturated heterocycles. The third-order valence-electron chi connectivity index (χ3n) is 3.77. The molecular weight excluding hydrogens is 342 g/mol. The number of hydrogen-bond acceptors (Lipinski definition) is 4. The molecule has 138 valence electrons. The first-order valence-corrected chi connectivity index (χ1v) is 8.21. The number of carbonyl (C=O) groups excluding carboxylic acids is 2. The van der Waals surface area contributed by atoms with E-state index in [1.807, 2.05) is 32.0 Å². The van der Waals surface area contributed by atoms with Crippen LogP contribution in [0.25, 0.3) is 0 Å². The normalized spacial score (nSPS) is 11.1. The minimum absolute atomic E-state index is 0.138. The molecule has 0 heterocycles. The zero-order valence-corrected chi connectivity index (χ0v) is 14.6. The molecule has 0 aliphatic heterocycles. The highest BCUT2D eigenvalue weighted by Gasteiger charge is 2.45. The SMILES string of the molecule is Cc1ccc(C)c(CCCC(=O)OC(=O)C(F)(F)Oc2ccccc2)c1. The summed E-state index contributed by atoms with van der Waals surface area (Å²) in [7, 11) is 0. The highest BCUT2D eigenvalue weighted by atomic mass is 19.3. The summed E-state index contributed by atoms with van der Waals surface area (Å²) in [5.41, 5.74) is 3.26. The van der Waals surface area contributed by atoms with Crippen molar-refractivity contribution in [2.45, 2.75) is 39.2 Å². The van der Waals surface area contributed by atoms with Crippen molar-refractivity contribution in [3.05, 3.63) is 65.2 Å². The van der Waals surface area contributed by atoms with Crippen LogP contribution in [0.5, 0.6) is 5.75 Å². The molecule has 0 atom stereocenters. The lowest BCUT2D eigenvalue weighted by atomic mass is 10.0. The van der Waals surface area contributed by atoms with E-state index in [-0.39, 0.29) is 12.2 Å². The average Bonchev–Trinajstić information content (AvgIpc) is 2.58. The molecule has 0 N–H and O–H groups in total. The molecule has 0 aliphatic carbocycles. The second-order valence-corrected chi connectivity index (χ2v) is 5.98. The molecule has 26 heavy (non-hydrogen) atoms. The van der Waals surface area contributed by atoms with Gasteiger partial charge in [-0.15, -0.1) is 0 Å². The molecule has 0 fully saturated rings. The summed E-state index contributed by atoms with van der Waals surface area (Å²) in [5.74, 6) is -3.22. The maximum absolute atomic E-state index is 13.7. The Morgan fingerprint density at radius 3 is 2.42 bits per heavy atom. The van der Waals surface area contributed by atoms with Gasteiger partial charge in [0.1, 0.15) is 5.75 Å². The summed E-state index contributed by atoms with van der Waals surface area (Å²) in [5, 5.41) is 0. The molecule has 2 aromatic carbocycles. The number of hydrogen-bond donors (Lipinski definition) is 0. The van der Waals surface area contributed by atoms with E-state index in [1.165, 1.54) is 24.3 Å². The number of alkyl halides is 2. The predicted molar refractivity (Wildman–Crippen MR) is 92.0 cm³/mol. The lowest BCUT2D eigenvalue weighted by Gasteiger charge is -2.15. The fourth-order valence-electron chi connectivity index (χ4n) is 2.38. The monoisotopic (exact) mass is 362 g/mol. The van der Waals surface area contributed by atoms with Gasteiger partial charge in [0.05, 0.1) is 0 Å². The van der Waals surface area contributed by atoms with Crippen molar-refractivity contribution in [2.24, 2.45) is 0 Å². The summed E-state index contributed by atoms with van der Waals surface area (Å²) >= 11 is 0. The van der Waals surface area contributed by atoms with Gasteiger partial charge in [0.25, 0.3) is 0 Å². The van der Waals surface area contributed by atoms with E-state index < -0.39 is 18.0 Å². The number of benzene rings is 2. The number of rotatable bonds is 7. The Morgan fingerprint density at radius 2 is 1.73 bits per heavy atom. The zero-order chi connectivity index (χ0) is 19.2. The first-order valence-electron chi connectivity index (χ1n) is 8.21. The van der Waals surface area contributed by atoms with Gasteiger partial charge in [0.15, 0.2) is 0 Å². The van der Waals surface area contributed by atoms with Crippen molar-refractivity contribution in [2.75, 3.05) is 0 Å². The van der Waals surface area contributed by atoms with Crippen LogP contribution in [0.15, 0.2) is 48.5 Å². The van der Waals surface area contributed by atoms with E-state index in [4.69, 9.17) is 0 Å². The van der Waals surface area contributed by atoms with Crippen LogP contribution in [0.3, 0.4) is 0 Å². The Hall–Kier alpha value is -2.76. The van der Waals surface area contributed by atoms with E-state index in [0.717, 1.165) is 16.7 Å². The van der Waals surface area contributed by atoms with Crippen LogP contribution in [-0.2, 0) is 20.7 Å². The Balaban J connectivity index is 1.82. The summed E-state index contributed by atoms with van der Waals surface area (Å²) in [6.45, 7) is 3.92. The summed E-state index contributed by atoms with van der Waals surface area (Å²) < 4.78 is 35.9. The van der Waals surface area contributed by atoms with E-state index in [0.29, 0.717) is 12.8 Å². The highest BCUT2D eigenvalue weighted by molar-refractivity contribution is 5.88. The van der Waals surface area contributed by atoms with E-state index in [1.54, 1.807) is 6.07 Å². The minimum Gasteiger partial charge on any atom is -0.424 e. The van der Waals surface area contributed by atoms with Crippen LogP contribution < -0.4 is 4.74 Å². The molecule has 0 spiro atoms. The molecule has 0 radical (unpaired) electrons. The first-order chi connectivity index (χ1) is 12.3. The second-order valence-electron chi connectivity index (χ2n) is 5.98. The largest absolute Gasteiger partial charge is 0.502 e. The van der Waals surface area contributed by atoms with Crippen molar-refractivity contribution in [3.8, 4) is 5.75 Å². The third-order valence-corrected chi connectivity index (χ3v) is 3.77. The van der Waals surface area contributed by atoms with Crippen molar-refractivity contribution in [1.82, 2.24) is 0 Å². The Bertz CT molecular complexity index is 773. The average molecular weight is 362 g/mol. The molecule has 0 aromatic heterocycles. The molecular formula is C20H20F2O4. The van der Waals surface area contributed by atoms with Gasteiger partial charge in [-0.2, -0.15) is 8.78 Å². The Morgan fingerprint density at radius 1 is 1.04 bits per heavy atom. The van der Waals surface area contributed by atoms with Gasteiger partial charge in [0.2, 0.25) is 0 Å². The van der Waals surface area contributed by atoms with Crippen LogP contribution in [-0.4, -0.2) is 18.0 Å². The zero-order valence-electron chi connectivity index (χ0n) is 14.6. The predicted octanol–water partition coefficient (Wildman–Crippen LogP) is 4.37. The van der Waals surface area contributed by atoms with Crippen molar-refractivity contribution in [3.63, 3.8) is 0 Å². The number of carbonyl (C=O) groups is 2. The lowest BCUT2D eigenvalue weighted by Crippen LogP contribution is -2.38. The highest BCUT2D eigenvalue weighted by Crippen LogP contribution is 2.23. The molecule has 2 rings (SSSR count). The van der Waals surface area contributed by atoms with Gasteiger partial charge in [-0.1, -0.05) is 42.0 Å². The number of esters is 2. The molecule has 0 aliphatic rings. The number of aryl methyl sites for hydroxylation is 3. The number of para-hydroxylation sites is 1. The van der Waals surface area contributed by atoms with Crippen LogP contribution in [0.1, 0.15) is 29.5 Å². The van der Waals surface area contributed by atoms with Crippen LogP contribution >= 0.6 is 0 Å². The van der Waals surface area contributed by atoms with Crippen molar-refractivity contribution < 1.29 is 27.8 Å². The topological polar surface area (TPSA) is 52.6 Å². The van der Waals surface area contributed by atoms with Gasteiger partial charge in [-0.3, -0.25) is 4.79 Å². The second kappa shape index (κ2) is 8.56. The molecule has 0 amide bonds. The smallest absolute Gasteiger partial charge is 0.424 e. The van der Waals surface area contributed by atoms with Gasteiger partial charge in [0, 0.05) is 6.42 Å². The Labute approximate surface area is 150 Å². The van der Waals surface area contributed by atoms with Crippen molar-refractivity contribution >= 4 is 11.9 Å². The first kappa shape index (κ1) is 19.6. The van der Waals surface area contributed by atoms with Gasteiger partial charge < -0.3 is 9.47 Å². The molecule has 2 aromatic rings. The van der Waals surface area contributed by atoms with E-state index in [9.17, 15) is 18.4 Å². The van der Waals surface area contributed by atoms with Crippen LogP contribution in [0.2, 0.25) is 0 Å². The minimum atomic E-state index is -4.23. The fraction of sp³-hybridized carbons (Fsp3) is 0.300. The van der Waals surface area contributed by atoms with E-state index >= 15 is 0 Å². The van der Waals surface area contributed by atoms with Gasteiger partial charge in [-0.25, -0.2) is 4.79 Å². The molecule has 0 bridgehead atoms. The van der Waals surface area contributed by atoms with Crippen LogP contribution in [0, 0.1) is 13.8 Å². The quantitative estimate of drug-likeness (QED) is 0.542. The molecule has 4 nitrogen and oxygen atoms in total. The molecule has 0 unspecified atom stereocenters. The summed E-state index contributed by atoms with van der Waals surface area (Å²) in [6.07, 6.45) is -3.39. The van der Waals surface area contributed by atoms with Gasteiger partial charge >= 0.3 is 18.0 Å². The summed E-state index contributed by atoms with van der Waals surface area (Å²) in [4.78, 5) is 23.2. The standard InChI is InChI=1S/C20H20F2O4/c1-14-11-12-15(2)16(13-14)7-6-10-18(23)25-19(24)20(21,22)26-17-8-4-3-5-9-17/h3-5,8-9,11-13H,6-7,10H2,1-2H3. The Kier molecular flexibility index (Phi) is 6.44. The number of halogens is 2. The van der Waals surface area contributed by atoms with Crippen LogP contribution in [0.4, 0.5) is 8.78 Å². The number of ether oxygens (including phenoxy) is 2. The third kappa shape index (κ3) is 5.65. The summed E-state index contributed by atoms with van der Waals surface area (Å²) in [6, 6.07) is 13.1. The molecule has 6 heteroatoms. The molecule has 0 saturated carbocycles. The van der Waals surface area contributed by atoms with Gasteiger partial charge in [-0.05, 0) is 49.9 Å². The van der Waals surface area contributed by atoms with E-state index in [2.05, 4.69) is 9.47 Å². The maximum atomic E-state index is 13.7.